The summed E-state index contributed by atoms with van der Waals surface area (Å²) in [5.41, 5.74) is 5.48. The van der Waals surface area contributed by atoms with Crippen molar-refractivity contribution in [3.63, 3.8) is 0 Å². The van der Waals surface area contributed by atoms with E-state index in [-0.39, 0.29) is 21.6 Å². The van der Waals surface area contributed by atoms with Crippen molar-refractivity contribution in [2.24, 2.45) is 0 Å². The quantitative estimate of drug-likeness (QED) is 0.711. The van der Waals surface area contributed by atoms with Gasteiger partial charge in [-0.05, 0) is 41.4 Å². The molecule has 0 aliphatic carbocycles. The molecule has 0 saturated carbocycles. The average Bonchev–Trinajstić information content (AvgIpc) is 2.39. The minimum atomic E-state index is -0.688. The molecule has 0 aliphatic heterocycles. The van der Waals surface area contributed by atoms with E-state index < -0.39 is 17.8 Å². The van der Waals surface area contributed by atoms with Gasteiger partial charge in [-0.3, -0.25) is 9.59 Å². The second-order valence-electron chi connectivity index (χ2n) is 4.34. The Morgan fingerprint density at radius 1 is 1.45 bits per heavy atom. The maximum absolute atomic E-state index is 13.2. The van der Waals surface area contributed by atoms with Gasteiger partial charge in [-0.15, -0.1) is 0 Å². The lowest BCUT2D eigenvalue weighted by Gasteiger charge is -2.14. The molecule has 5 nitrogen and oxygen atoms in total. The van der Waals surface area contributed by atoms with Crippen molar-refractivity contribution < 1.29 is 14.0 Å². The summed E-state index contributed by atoms with van der Waals surface area (Å²) in [6.45, 7) is 4.05. The van der Waals surface area contributed by atoms with Gasteiger partial charge in [0.1, 0.15) is 11.9 Å². The maximum atomic E-state index is 13.2. The van der Waals surface area contributed by atoms with Gasteiger partial charge in [-0.25, -0.2) is 4.39 Å². The summed E-state index contributed by atoms with van der Waals surface area (Å²) in [6.07, 6.45) is 0.812. The van der Waals surface area contributed by atoms with E-state index in [9.17, 15) is 14.0 Å². The van der Waals surface area contributed by atoms with E-state index in [1.165, 1.54) is 6.07 Å². The van der Waals surface area contributed by atoms with Crippen molar-refractivity contribution in [3.05, 3.63) is 28.0 Å². The minimum absolute atomic E-state index is 0.124. The molecule has 0 radical (unpaired) electrons. The molecule has 2 amide bonds. The van der Waals surface area contributed by atoms with E-state index in [0.717, 1.165) is 12.5 Å². The number of rotatable bonds is 5. The lowest BCUT2D eigenvalue weighted by Crippen LogP contribution is -2.45. The molecule has 0 fully saturated rings. The number of benzene rings is 1. The number of carbonyl (C=O) groups excluding carboxylic acids is 2. The van der Waals surface area contributed by atoms with Crippen LogP contribution >= 0.6 is 15.9 Å². The fourth-order valence-electron chi connectivity index (χ4n) is 1.48. The first-order valence-electron chi connectivity index (χ1n) is 6.19. The van der Waals surface area contributed by atoms with Crippen molar-refractivity contribution in [3.8, 4) is 0 Å². The summed E-state index contributed by atoms with van der Waals surface area (Å²) < 4.78 is 13.5. The molecule has 0 saturated heterocycles. The Hall–Kier alpha value is -1.63. The van der Waals surface area contributed by atoms with Crippen LogP contribution in [-0.2, 0) is 4.79 Å². The molecular weight excluding hydrogens is 329 g/mol. The Morgan fingerprint density at radius 2 is 2.10 bits per heavy atom. The highest BCUT2D eigenvalue weighted by Gasteiger charge is 2.19. The molecule has 110 valence electrons. The zero-order valence-corrected chi connectivity index (χ0v) is 12.9. The van der Waals surface area contributed by atoms with Crippen LogP contribution in [-0.4, -0.2) is 24.4 Å². The lowest BCUT2D eigenvalue weighted by molar-refractivity contribution is -0.122. The zero-order chi connectivity index (χ0) is 15.3. The van der Waals surface area contributed by atoms with Gasteiger partial charge in [0.25, 0.3) is 5.91 Å². The van der Waals surface area contributed by atoms with Crippen LogP contribution in [0.15, 0.2) is 16.6 Å². The van der Waals surface area contributed by atoms with Crippen LogP contribution in [0.25, 0.3) is 0 Å². The molecule has 0 spiro atoms. The standard InChI is InChI=1S/C13H17BrFN3O2/c1-3-4-17-12(19)7(2)18-13(20)8-5-11(16)10(15)6-9(8)14/h5-7H,3-4,16H2,1-2H3,(H,17,19)(H,18,20). The number of nitrogen functional groups attached to an aromatic ring is 1. The van der Waals surface area contributed by atoms with Gasteiger partial charge in [-0.1, -0.05) is 6.92 Å². The minimum Gasteiger partial charge on any atom is -0.396 e. The number of hydrogen-bond acceptors (Lipinski definition) is 3. The second kappa shape index (κ2) is 7.23. The number of hydrogen-bond donors (Lipinski definition) is 3. The Bertz CT molecular complexity index is 523. The summed E-state index contributed by atoms with van der Waals surface area (Å²) in [6, 6.07) is 1.66. The fraction of sp³-hybridized carbons (Fsp3) is 0.385. The highest BCUT2D eigenvalue weighted by Crippen LogP contribution is 2.22. The van der Waals surface area contributed by atoms with Crippen LogP contribution in [0.1, 0.15) is 30.6 Å². The van der Waals surface area contributed by atoms with Crippen LogP contribution in [0.3, 0.4) is 0 Å². The molecule has 1 atom stereocenters. The van der Waals surface area contributed by atoms with Gasteiger partial charge >= 0.3 is 0 Å². The van der Waals surface area contributed by atoms with Crippen LogP contribution in [0.2, 0.25) is 0 Å². The first-order valence-corrected chi connectivity index (χ1v) is 6.99. The summed E-state index contributed by atoms with van der Waals surface area (Å²) in [5, 5.41) is 5.21. The maximum Gasteiger partial charge on any atom is 0.253 e. The molecule has 0 aliphatic rings. The monoisotopic (exact) mass is 345 g/mol. The zero-order valence-electron chi connectivity index (χ0n) is 11.3. The Kier molecular flexibility index (Phi) is 5.94. The van der Waals surface area contributed by atoms with Crippen molar-refractivity contribution >= 4 is 33.4 Å². The third kappa shape index (κ3) is 4.19. The van der Waals surface area contributed by atoms with E-state index >= 15 is 0 Å². The van der Waals surface area contributed by atoms with Gasteiger partial charge in [-0.2, -0.15) is 0 Å². The SMILES string of the molecule is CCCNC(=O)C(C)NC(=O)c1cc(N)c(F)cc1Br. The molecule has 20 heavy (non-hydrogen) atoms. The number of amides is 2. The van der Waals surface area contributed by atoms with Crippen LogP contribution in [0.4, 0.5) is 10.1 Å². The average molecular weight is 346 g/mol. The van der Waals surface area contributed by atoms with Crippen molar-refractivity contribution in [2.45, 2.75) is 26.3 Å². The molecule has 1 aromatic rings. The Morgan fingerprint density at radius 3 is 2.70 bits per heavy atom. The second-order valence-corrected chi connectivity index (χ2v) is 5.19. The summed E-state index contributed by atoms with van der Waals surface area (Å²) in [7, 11) is 0. The van der Waals surface area contributed by atoms with Crippen molar-refractivity contribution in [1.82, 2.24) is 10.6 Å². The molecular formula is C13H17BrFN3O2. The van der Waals surface area contributed by atoms with Gasteiger partial charge in [0.15, 0.2) is 0 Å². The van der Waals surface area contributed by atoms with Gasteiger partial charge < -0.3 is 16.4 Å². The molecule has 1 rings (SSSR count). The third-order valence-electron chi connectivity index (χ3n) is 2.62. The van der Waals surface area contributed by atoms with E-state index in [4.69, 9.17) is 5.73 Å². The summed E-state index contributed by atoms with van der Waals surface area (Å²) in [4.78, 5) is 23.7. The van der Waals surface area contributed by atoms with Gasteiger partial charge in [0.05, 0.1) is 11.3 Å². The highest BCUT2D eigenvalue weighted by molar-refractivity contribution is 9.10. The molecule has 4 N–H and O–H groups in total. The van der Waals surface area contributed by atoms with E-state index in [0.29, 0.717) is 6.54 Å². The van der Waals surface area contributed by atoms with Crippen molar-refractivity contribution in [2.75, 3.05) is 12.3 Å². The van der Waals surface area contributed by atoms with Gasteiger partial charge in [0.2, 0.25) is 5.91 Å². The topological polar surface area (TPSA) is 84.2 Å². The number of anilines is 1. The van der Waals surface area contributed by atoms with Crippen LogP contribution < -0.4 is 16.4 Å². The molecule has 1 unspecified atom stereocenters. The van der Waals surface area contributed by atoms with Crippen molar-refractivity contribution in [1.29, 1.82) is 0 Å². The van der Waals surface area contributed by atoms with Crippen LogP contribution in [0.5, 0.6) is 0 Å². The van der Waals surface area contributed by atoms with E-state index in [1.807, 2.05) is 6.92 Å². The number of nitrogens with two attached hydrogens (primary N) is 1. The summed E-state index contributed by atoms with van der Waals surface area (Å²) >= 11 is 3.09. The first kappa shape index (κ1) is 16.4. The summed E-state index contributed by atoms with van der Waals surface area (Å²) in [5.74, 6) is -1.38. The van der Waals surface area contributed by atoms with E-state index in [2.05, 4.69) is 26.6 Å². The Balaban J connectivity index is 2.76. The first-order chi connectivity index (χ1) is 9.36. The predicted octanol–water partition coefficient (Wildman–Crippen LogP) is 1.81. The number of halogens is 2. The third-order valence-corrected chi connectivity index (χ3v) is 3.28. The fourth-order valence-corrected chi connectivity index (χ4v) is 1.98. The highest BCUT2D eigenvalue weighted by atomic mass is 79.9. The molecule has 1 aromatic carbocycles. The molecule has 0 aromatic heterocycles. The largest absolute Gasteiger partial charge is 0.396 e. The van der Waals surface area contributed by atoms with Gasteiger partial charge in [0, 0.05) is 11.0 Å². The smallest absolute Gasteiger partial charge is 0.253 e. The number of nitrogens with one attached hydrogen (secondary N) is 2. The number of carbonyl (C=O) groups is 2. The predicted molar refractivity (Wildman–Crippen MR) is 78.7 cm³/mol. The van der Waals surface area contributed by atoms with E-state index in [1.54, 1.807) is 6.92 Å². The lowest BCUT2D eigenvalue weighted by atomic mass is 10.1. The molecule has 0 heterocycles. The molecule has 0 bridgehead atoms. The molecule has 7 heteroatoms. The Labute approximate surface area is 125 Å². The van der Waals surface area contributed by atoms with Crippen LogP contribution in [0, 0.1) is 5.82 Å². The normalized spacial score (nSPS) is 11.8.